The number of thiol groups is 1. The van der Waals surface area contributed by atoms with Gasteiger partial charge in [0.1, 0.15) is 0 Å². The van der Waals surface area contributed by atoms with Crippen LogP contribution in [0.2, 0.25) is 0 Å². The van der Waals surface area contributed by atoms with Crippen molar-refractivity contribution >= 4 is 24.4 Å². The molecule has 3 heteroatoms. The number of benzene rings is 1. The second-order valence-electron chi connectivity index (χ2n) is 3.71. The van der Waals surface area contributed by atoms with Crippen LogP contribution in [0.1, 0.15) is 31.7 Å². The summed E-state index contributed by atoms with van der Waals surface area (Å²) in [6.45, 7) is 4.19. The molecule has 0 spiro atoms. The quantitative estimate of drug-likeness (QED) is 0.629. The number of nitrogens with zero attached hydrogens (tertiary/aromatic N) is 1. The van der Waals surface area contributed by atoms with Crippen LogP contribution in [0.3, 0.4) is 0 Å². The van der Waals surface area contributed by atoms with Crippen LogP contribution in [0.5, 0.6) is 0 Å². The van der Waals surface area contributed by atoms with Gasteiger partial charge >= 0.3 is 0 Å². The number of nitriles is 1. The molecule has 1 nitrogen and oxygen atoms in total. The van der Waals surface area contributed by atoms with E-state index in [2.05, 4.69) is 49.9 Å². The zero-order valence-electron chi connectivity index (χ0n) is 9.68. The molecule has 1 aromatic rings. The zero-order chi connectivity index (χ0) is 12.0. The second-order valence-corrected chi connectivity index (χ2v) is 5.87. The van der Waals surface area contributed by atoms with E-state index in [1.807, 2.05) is 18.7 Å². The van der Waals surface area contributed by atoms with E-state index in [4.69, 9.17) is 5.26 Å². The van der Waals surface area contributed by atoms with Crippen molar-refractivity contribution in [3.63, 3.8) is 0 Å². The molecule has 1 aromatic carbocycles. The number of hydrogen-bond donors (Lipinski definition) is 1. The molecule has 0 amide bonds. The van der Waals surface area contributed by atoms with Gasteiger partial charge in [-0.05, 0) is 23.4 Å². The minimum absolute atomic E-state index is 0.210. The first kappa shape index (κ1) is 13.5. The van der Waals surface area contributed by atoms with E-state index in [0.29, 0.717) is 6.42 Å². The lowest BCUT2D eigenvalue weighted by Crippen LogP contribution is -2.08. The molecule has 0 fully saturated rings. The van der Waals surface area contributed by atoms with Crippen LogP contribution >= 0.6 is 24.4 Å². The Balaban J connectivity index is 2.91. The molecule has 0 radical (unpaired) electrons. The van der Waals surface area contributed by atoms with Crippen molar-refractivity contribution in [3.8, 4) is 6.07 Å². The molecular weight excluding hydrogens is 234 g/mol. The maximum Gasteiger partial charge on any atom is 0.0628 e. The van der Waals surface area contributed by atoms with Gasteiger partial charge < -0.3 is 0 Å². The fourth-order valence-electron chi connectivity index (χ4n) is 1.67. The minimum Gasteiger partial charge on any atom is -0.198 e. The lowest BCUT2D eigenvalue weighted by atomic mass is 9.93. The van der Waals surface area contributed by atoms with Gasteiger partial charge in [-0.15, -0.1) is 11.8 Å². The first-order valence-electron chi connectivity index (χ1n) is 5.46. The third kappa shape index (κ3) is 3.77. The molecule has 0 aliphatic carbocycles. The molecule has 1 rings (SSSR count). The lowest BCUT2D eigenvalue weighted by molar-refractivity contribution is 0.698. The largest absolute Gasteiger partial charge is 0.198 e. The predicted octanol–water partition coefficient (Wildman–Crippen LogP) is 4.11. The van der Waals surface area contributed by atoms with Crippen LogP contribution in [0.4, 0.5) is 0 Å². The Kier molecular flexibility index (Phi) is 5.79. The summed E-state index contributed by atoms with van der Waals surface area (Å²) in [5.41, 5.74) is 1.22. The van der Waals surface area contributed by atoms with Crippen LogP contribution in [0, 0.1) is 11.3 Å². The van der Waals surface area contributed by atoms with Crippen LogP contribution in [0.15, 0.2) is 29.2 Å². The molecule has 2 unspecified atom stereocenters. The summed E-state index contributed by atoms with van der Waals surface area (Å²) >= 11 is 6.30. The van der Waals surface area contributed by atoms with Gasteiger partial charge in [0.15, 0.2) is 0 Å². The van der Waals surface area contributed by atoms with Crippen LogP contribution in [0.25, 0.3) is 0 Å². The highest BCUT2D eigenvalue weighted by molar-refractivity contribution is 7.99. The predicted molar refractivity (Wildman–Crippen MR) is 74.3 cm³/mol. The molecule has 0 aromatic heterocycles. The van der Waals surface area contributed by atoms with Crippen molar-refractivity contribution in [2.75, 3.05) is 5.75 Å². The highest BCUT2D eigenvalue weighted by Gasteiger charge is 2.16. The molecular formula is C13H17NS2. The molecule has 0 saturated heterocycles. The Morgan fingerprint density at radius 2 is 2.25 bits per heavy atom. The van der Waals surface area contributed by atoms with Gasteiger partial charge in [-0.1, -0.05) is 26.0 Å². The van der Waals surface area contributed by atoms with Gasteiger partial charge in [0, 0.05) is 22.5 Å². The Bertz CT molecular complexity index is 368. The van der Waals surface area contributed by atoms with Gasteiger partial charge in [-0.3, -0.25) is 0 Å². The first-order valence-corrected chi connectivity index (χ1v) is 6.97. The van der Waals surface area contributed by atoms with Crippen molar-refractivity contribution in [1.82, 2.24) is 0 Å². The highest BCUT2D eigenvalue weighted by Crippen LogP contribution is 2.29. The van der Waals surface area contributed by atoms with Gasteiger partial charge in [0.05, 0.1) is 6.07 Å². The normalized spacial score (nSPS) is 14.1. The zero-order valence-corrected chi connectivity index (χ0v) is 11.4. The third-order valence-electron chi connectivity index (χ3n) is 2.49. The van der Waals surface area contributed by atoms with E-state index >= 15 is 0 Å². The molecule has 0 heterocycles. The van der Waals surface area contributed by atoms with Gasteiger partial charge in [0.2, 0.25) is 0 Å². The van der Waals surface area contributed by atoms with Crippen molar-refractivity contribution in [2.45, 2.75) is 36.3 Å². The Labute approximate surface area is 108 Å². The molecule has 0 saturated carbocycles. The Morgan fingerprint density at radius 3 is 2.81 bits per heavy atom. The molecule has 0 aliphatic rings. The highest BCUT2D eigenvalue weighted by atomic mass is 32.2. The van der Waals surface area contributed by atoms with Crippen molar-refractivity contribution < 1.29 is 0 Å². The van der Waals surface area contributed by atoms with E-state index in [0.717, 1.165) is 5.75 Å². The summed E-state index contributed by atoms with van der Waals surface area (Å²) in [6.07, 6.45) is 0.533. The summed E-state index contributed by atoms with van der Waals surface area (Å²) in [5.74, 6) is 1.30. The van der Waals surface area contributed by atoms with Gasteiger partial charge in [0.25, 0.3) is 0 Å². The maximum atomic E-state index is 8.83. The molecule has 0 N–H and O–H groups in total. The summed E-state index contributed by atoms with van der Waals surface area (Å²) < 4.78 is 0. The fraction of sp³-hybridized carbons (Fsp3) is 0.462. The van der Waals surface area contributed by atoms with Gasteiger partial charge in [-0.25, -0.2) is 0 Å². The van der Waals surface area contributed by atoms with Crippen LogP contribution < -0.4 is 0 Å². The van der Waals surface area contributed by atoms with Gasteiger partial charge in [-0.2, -0.15) is 17.9 Å². The standard InChI is InChI=1S/C13H17NS2/c1-3-16-12-6-4-5-11(9-12)13(7-8-14)10(2)15/h4-6,9-10,13,15H,3,7H2,1-2H3. The first-order chi connectivity index (χ1) is 7.69. The van der Waals surface area contributed by atoms with Crippen molar-refractivity contribution in [3.05, 3.63) is 29.8 Å². The van der Waals surface area contributed by atoms with E-state index in [-0.39, 0.29) is 11.2 Å². The molecule has 86 valence electrons. The van der Waals surface area contributed by atoms with Crippen LogP contribution in [-0.4, -0.2) is 11.0 Å². The molecule has 0 bridgehead atoms. The monoisotopic (exact) mass is 251 g/mol. The molecule has 0 aliphatic heterocycles. The van der Waals surface area contributed by atoms with Crippen molar-refractivity contribution in [1.29, 1.82) is 5.26 Å². The average Bonchev–Trinajstić information content (AvgIpc) is 2.26. The minimum atomic E-state index is 0.210. The topological polar surface area (TPSA) is 23.8 Å². The molecule has 16 heavy (non-hydrogen) atoms. The fourth-order valence-corrected chi connectivity index (χ4v) is 2.67. The smallest absolute Gasteiger partial charge is 0.0628 e. The van der Waals surface area contributed by atoms with Crippen molar-refractivity contribution in [2.24, 2.45) is 0 Å². The Morgan fingerprint density at radius 1 is 1.50 bits per heavy atom. The maximum absolute atomic E-state index is 8.83. The van der Waals surface area contributed by atoms with E-state index in [1.54, 1.807) is 0 Å². The summed E-state index contributed by atoms with van der Waals surface area (Å²) in [7, 11) is 0. The number of hydrogen-bond acceptors (Lipinski definition) is 3. The van der Waals surface area contributed by atoms with Crippen LogP contribution in [-0.2, 0) is 0 Å². The SMILES string of the molecule is CCSc1cccc(C(CC#N)C(C)S)c1. The van der Waals surface area contributed by atoms with E-state index in [1.165, 1.54) is 10.5 Å². The number of rotatable bonds is 5. The summed E-state index contributed by atoms with van der Waals surface area (Å²) in [5, 5.41) is 9.04. The average molecular weight is 251 g/mol. The van der Waals surface area contributed by atoms with E-state index < -0.39 is 0 Å². The summed E-state index contributed by atoms with van der Waals surface area (Å²) in [6, 6.07) is 10.7. The second kappa shape index (κ2) is 6.88. The third-order valence-corrected chi connectivity index (χ3v) is 3.73. The lowest BCUT2D eigenvalue weighted by Gasteiger charge is -2.18. The summed E-state index contributed by atoms with van der Waals surface area (Å²) in [4.78, 5) is 1.27. The number of thioether (sulfide) groups is 1. The Hall–Kier alpha value is -0.590. The van der Waals surface area contributed by atoms with E-state index in [9.17, 15) is 0 Å². The molecule has 2 atom stereocenters.